The van der Waals surface area contributed by atoms with E-state index in [1.165, 1.54) is 6.07 Å². The molecule has 2 aromatic carbocycles. The Kier molecular flexibility index (Phi) is 4.43. The van der Waals surface area contributed by atoms with Gasteiger partial charge in [0.1, 0.15) is 11.6 Å². The molecule has 0 N–H and O–H groups in total. The van der Waals surface area contributed by atoms with Crippen LogP contribution in [-0.2, 0) is 5.33 Å². The molecule has 0 aliphatic carbocycles. The first kappa shape index (κ1) is 13.9. The highest BCUT2D eigenvalue weighted by Gasteiger charge is 2.13. The lowest BCUT2D eigenvalue weighted by atomic mass is 10.2. The Hall–Kier alpha value is -1.55. The van der Waals surface area contributed by atoms with Gasteiger partial charge < -0.3 is 9.64 Å². The molecule has 0 aliphatic heterocycles. The molecular formula is C15H15BrFNO. The summed E-state index contributed by atoms with van der Waals surface area (Å²) in [5.41, 5.74) is 2.26. The molecule has 0 amide bonds. The molecule has 2 aromatic rings. The van der Waals surface area contributed by atoms with Crippen molar-refractivity contribution in [1.82, 2.24) is 0 Å². The normalized spacial score (nSPS) is 10.3. The number of hydrogen-bond acceptors (Lipinski definition) is 2. The van der Waals surface area contributed by atoms with Crippen molar-refractivity contribution in [3.05, 3.63) is 53.8 Å². The van der Waals surface area contributed by atoms with Crippen LogP contribution in [0.15, 0.2) is 42.5 Å². The van der Waals surface area contributed by atoms with E-state index < -0.39 is 0 Å². The van der Waals surface area contributed by atoms with Gasteiger partial charge in [-0.15, -0.1) is 0 Å². The minimum Gasteiger partial charge on any atom is -0.495 e. The Morgan fingerprint density at radius 1 is 1.16 bits per heavy atom. The summed E-state index contributed by atoms with van der Waals surface area (Å²) in [6, 6.07) is 12.8. The summed E-state index contributed by atoms with van der Waals surface area (Å²) in [5.74, 6) is 0.472. The molecule has 2 rings (SSSR count). The first-order chi connectivity index (χ1) is 9.17. The number of ether oxygens (including phenoxy) is 1. The number of nitrogens with zero attached hydrogens (tertiary/aromatic N) is 1. The highest BCUT2D eigenvalue weighted by Crippen LogP contribution is 2.33. The molecule has 19 heavy (non-hydrogen) atoms. The lowest BCUT2D eigenvalue weighted by molar-refractivity contribution is 0.415. The summed E-state index contributed by atoms with van der Waals surface area (Å²) in [6.45, 7) is 0. The topological polar surface area (TPSA) is 12.5 Å². The van der Waals surface area contributed by atoms with Gasteiger partial charge in [-0.05, 0) is 29.8 Å². The van der Waals surface area contributed by atoms with Crippen molar-refractivity contribution in [3.63, 3.8) is 0 Å². The lowest BCUT2D eigenvalue weighted by Gasteiger charge is -2.22. The fourth-order valence-corrected chi connectivity index (χ4v) is 2.29. The monoisotopic (exact) mass is 323 g/mol. The average Bonchev–Trinajstić information content (AvgIpc) is 2.46. The second kappa shape index (κ2) is 6.06. The van der Waals surface area contributed by atoms with Gasteiger partial charge in [-0.3, -0.25) is 0 Å². The van der Waals surface area contributed by atoms with Crippen molar-refractivity contribution in [2.24, 2.45) is 0 Å². The lowest BCUT2D eigenvalue weighted by Crippen LogP contribution is -2.12. The van der Waals surface area contributed by atoms with E-state index in [-0.39, 0.29) is 5.82 Å². The molecule has 0 saturated heterocycles. The average molecular weight is 324 g/mol. The zero-order valence-electron chi connectivity index (χ0n) is 10.9. The molecule has 0 saturated carbocycles. The summed E-state index contributed by atoms with van der Waals surface area (Å²) in [7, 11) is 3.43. The van der Waals surface area contributed by atoms with Crippen LogP contribution in [0.2, 0.25) is 0 Å². The molecule has 4 heteroatoms. The molecule has 100 valence electrons. The van der Waals surface area contributed by atoms with Gasteiger partial charge in [-0.2, -0.15) is 0 Å². The Morgan fingerprint density at radius 3 is 2.53 bits per heavy atom. The maximum atomic E-state index is 14.1. The number of rotatable bonds is 4. The first-order valence-corrected chi connectivity index (χ1v) is 7.00. The number of hydrogen-bond donors (Lipinski definition) is 0. The van der Waals surface area contributed by atoms with E-state index in [0.717, 1.165) is 11.3 Å². The predicted octanol–water partition coefficient (Wildman–Crippen LogP) is 4.50. The number of halogens is 2. The number of alkyl halides is 1. The first-order valence-electron chi connectivity index (χ1n) is 5.88. The van der Waals surface area contributed by atoms with Gasteiger partial charge in [0.05, 0.1) is 18.5 Å². The fraction of sp³-hybridized carbons (Fsp3) is 0.200. The smallest absolute Gasteiger partial charge is 0.147 e. The van der Waals surface area contributed by atoms with Crippen LogP contribution in [0.5, 0.6) is 5.75 Å². The zero-order valence-corrected chi connectivity index (χ0v) is 12.4. The number of para-hydroxylation sites is 2. The summed E-state index contributed by atoms with van der Waals surface area (Å²) in [6.07, 6.45) is 0. The molecule has 0 radical (unpaired) electrons. The quantitative estimate of drug-likeness (QED) is 0.768. The third kappa shape index (κ3) is 2.89. The maximum Gasteiger partial charge on any atom is 0.147 e. The van der Waals surface area contributed by atoms with Gasteiger partial charge in [0, 0.05) is 12.4 Å². The van der Waals surface area contributed by atoms with Crippen LogP contribution in [0, 0.1) is 5.82 Å². The maximum absolute atomic E-state index is 14.1. The predicted molar refractivity (Wildman–Crippen MR) is 80.1 cm³/mol. The number of anilines is 2. The molecule has 0 aliphatic rings. The van der Waals surface area contributed by atoms with Crippen molar-refractivity contribution in [3.8, 4) is 5.75 Å². The van der Waals surface area contributed by atoms with Gasteiger partial charge in [-0.1, -0.05) is 34.1 Å². The zero-order chi connectivity index (χ0) is 13.8. The van der Waals surface area contributed by atoms with E-state index in [2.05, 4.69) is 15.9 Å². The SMILES string of the molecule is COc1ccccc1N(C)c1ccc(CBr)cc1F. The minimum absolute atomic E-state index is 0.245. The number of methoxy groups -OCH3 is 1. The fourth-order valence-electron chi connectivity index (χ4n) is 1.94. The van der Waals surface area contributed by atoms with Crippen LogP contribution in [0.25, 0.3) is 0 Å². The van der Waals surface area contributed by atoms with Crippen LogP contribution < -0.4 is 9.64 Å². The van der Waals surface area contributed by atoms with E-state index in [0.29, 0.717) is 16.8 Å². The van der Waals surface area contributed by atoms with Crippen LogP contribution in [0.1, 0.15) is 5.56 Å². The van der Waals surface area contributed by atoms with Crippen molar-refractivity contribution in [1.29, 1.82) is 0 Å². The summed E-state index contributed by atoms with van der Waals surface area (Å²) < 4.78 is 19.4. The van der Waals surface area contributed by atoms with Gasteiger partial charge >= 0.3 is 0 Å². The molecule has 0 atom stereocenters. The molecule has 2 nitrogen and oxygen atoms in total. The van der Waals surface area contributed by atoms with E-state index in [9.17, 15) is 4.39 Å². The standard InChI is InChI=1S/C15H15BrFNO/c1-18(14-5-3-4-6-15(14)19-2)13-8-7-11(10-16)9-12(13)17/h3-9H,10H2,1-2H3. The summed E-state index contributed by atoms with van der Waals surface area (Å²) in [5, 5.41) is 0.641. The van der Waals surface area contributed by atoms with Crippen LogP contribution in [0.4, 0.5) is 15.8 Å². The van der Waals surface area contributed by atoms with Crippen molar-refractivity contribution in [2.45, 2.75) is 5.33 Å². The molecular weight excluding hydrogens is 309 g/mol. The Morgan fingerprint density at radius 2 is 1.89 bits per heavy atom. The summed E-state index contributed by atoms with van der Waals surface area (Å²) >= 11 is 3.32. The van der Waals surface area contributed by atoms with Gasteiger partial charge in [0.25, 0.3) is 0 Å². The van der Waals surface area contributed by atoms with Gasteiger partial charge in [0.2, 0.25) is 0 Å². The second-order valence-corrected chi connectivity index (χ2v) is 4.71. The van der Waals surface area contributed by atoms with Crippen LogP contribution in [-0.4, -0.2) is 14.2 Å². The Balaban J connectivity index is 2.41. The van der Waals surface area contributed by atoms with Crippen LogP contribution in [0.3, 0.4) is 0 Å². The van der Waals surface area contributed by atoms with Crippen molar-refractivity contribution >= 4 is 27.3 Å². The van der Waals surface area contributed by atoms with Crippen molar-refractivity contribution in [2.75, 3.05) is 19.1 Å². The third-order valence-corrected chi connectivity index (χ3v) is 3.62. The molecule has 0 unspecified atom stereocenters. The Bertz CT molecular complexity index is 574. The highest BCUT2D eigenvalue weighted by atomic mass is 79.9. The minimum atomic E-state index is -0.245. The van der Waals surface area contributed by atoms with E-state index in [4.69, 9.17) is 4.74 Å². The number of benzene rings is 2. The molecule has 0 bridgehead atoms. The van der Waals surface area contributed by atoms with Crippen molar-refractivity contribution < 1.29 is 9.13 Å². The highest BCUT2D eigenvalue weighted by molar-refractivity contribution is 9.08. The molecule has 0 heterocycles. The van der Waals surface area contributed by atoms with E-state index in [1.54, 1.807) is 18.1 Å². The molecule has 0 fully saturated rings. The third-order valence-electron chi connectivity index (χ3n) is 2.97. The largest absolute Gasteiger partial charge is 0.495 e. The Labute approximate surface area is 120 Å². The van der Waals surface area contributed by atoms with E-state index >= 15 is 0 Å². The second-order valence-electron chi connectivity index (χ2n) is 4.15. The van der Waals surface area contributed by atoms with Gasteiger partial charge in [-0.25, -0.2) is 4.39 Å². The van der Waals surface area contributed by atoms with Gasteiger partial charge in [0.15, 0.2) is 0 Å². The van der Waals surface area contributed by atoms with E-state index in [1.807, 2.05) is 37.4 Å². The van der Waals surface area contributed by atoms with Crippen LogP contribution >= 0.6 is 15.9 Å². The summed E-state index contributed by atoms with van der Waals surface area (Å²) in [4.78, 5) is 1.78. The molecule has 0 aromatic heterocycles. The molecule has 0 spiro atoms.